The normalized spacial score (nSPS) is 10.6. The fraction of sp³-hybridized carbons (Fsp3) is 0.647. The van der Waals surface area contributed by atoms with Crippen molar-refractivity contribution in [2.75, 3.05) is 18.1 Å². The van der Waals surface area contributed by atoms with Gasteiger partial charge in [0.2, 0.25) is 0 Å². The Kier molecular flexibility index (Phi) is 9.70. The van der Waals surface area contributed by atoms with Crippen molar-refractivity contribution in [1.82, 2.24) is 0 Å². The van der Waals surface area contributed by atoms with Crippen LogP contribution < -0.4 is 5.32 Å². The number of benzene rings is 1. The van der Waals surface area contributed by atoms with E-state index in [0.717, 1.165) is 6.54 Å². The Morgan fingerprint density at radius 1 is 0.895 bits per heavy atom. The fourth-order valence-corrected chi connectivity index (χ4v) is 2.85. The topological polar surface area (TPSA) is 12.0 Å². The van der Waals surface area contributed by atoms with Crippen molar-refractivity contribution in [2.24, 2.45) is 0 Å². The number of nitrogens with one attached hydrogen (secondary N) is 1. The second-order valence-electron chi connectivity index (χ2n) is 5.10. The van der Waals surface area contributed by atoms with Crippen molar-refractivity contribution in [3.8, 4) is 0 Å². The molecule has 1 nitrogen and oxygen atoms in total. The Morgan fingerprint density at radius 3 is 2.21 bits per heavy atom. The maximum atomic E-state index is 3.55. The van der Waals surface area contributed by atoms with Crippen molar-refractivity contribution >= 4 is 17.4 Å². The van der Waals surface area contributed by atoms with Crippen LogP contribution in [0.25, 0.3) is 0 Å². The molecule has 0 fully saturated rings. The molecule has 0 spiro atoms. The molecule has 0 radical (unpaired) electrons. The van der Waals surface area contributed by atoms with Crippen LogP contribution in [0.3, 0.4) is 0 Å². The lowest BCUT2D eigenvalue weighted by molar-refractivity contribution is 0.581. The van der Waals surface area contributed by atoms with E-state index >= 15 is 0 Å². The summed E-state index contributed by atoms with van der Waals surface area (Å²) in [4.78, 5) is 1.35. The predicted molar refractivity (Wildman–Crippen MR) is 89.3 cm³/mol. The summed E-state index contributed by atoms with van der Waals surface area (Å²) in [6, 6.07) is 8.57. The molecule has 0 saturated heterocycles. The lowest BCUT2D eigenvalue weighted by Crippen LogP contribution is -2.02. The first-order chi connectivity index (χ1) is 9.38. The third-order valence-corrected chi connectivity index (χ3v) is 4.25. The van der Waals surface area contributed by atoms with Gasteiger partial charge in [-0.15, -0.1) is 11.8 Å². The largest absolute Gasteiger partial charge is 0.384 e. The highest BCUT2D eigenvalue weighted by Crippen LogP contribution is 2.24. The van der Waals surface area contributed by atoms with E-state index in [9.17, 15) is 0 Å². The second-order valence-corrected chi connectivity index (χ2v) is 5.95. The zero-order valence-corrected chi connectivity index (χ0v) is 13.4. The van der Waals surface area contributed by atoms with Gasteiger partial charge in [-0.3, -0.25) is 0 Å². The smallest absolute Gasteiger partial charge is 0.0478 e. The summed E-state index contributed by atoms with van der Waals surface area (Å²) in [7, 11) is 0. The molecule has 0 bridgehead atoms. The number of hydrogen-bond acceptors (Lipinski definition) is 2. The molecule has 1 rings (SSSR count). The minimum Gasteiger partial charge on any atom is -0.384 e. The van der Waals surface area contributed by atoms with Gasteiger partial charge in [0.15, 0.2) is 0 Å². The highest BCUT2D eigenvalue weighted by Gasteiger charge is 1.98. The molecular weight excluding hydrogens is 250 g/mol. The van der Waals surface area contributed by atoms with Gasteiger partial charge in [0.05, 0.1) is 0 Å². The SMILES string of the molecule is CCCCCCCCCCNc1ccccc1SC. The van der Waals surface area contributed by atoms with Crippen LogP contribution in [0.15, 0.2) is 29.2 Å². The van der Waals surface area contributed by atoms with Gasteiger partial charge < -0.3 is 5.32 Å². The molecule has 0 atom stereocenters. The molecule has 0 aliphatic carbocycles. The van der Waals surface area contributed by atoms with E-state index in [4.69, 9.17) is 0 Å². The molecular formula is C17H29NS. The molecule has 1 aromatic rings. The summed E-state index contributed by atoms with van der Waals surface area (Å²) in [5.41, 5.74) is 1.29. The monoisotopic (exact) mass is 279 g/mol. The van der Waals surface area contributed by atoms with E-state index in [-0.39, 0.29) is 0 Å². The Bertz CT molecular complexity index is 325. The van der Waals surface area contributed by atoms with Gasteiger partial charge in [0.1, 0.15) is 0 Å². The van der Waals surface area contributed by atoms with Gasteiger partial charge in [0.25, 0.3) is 0 Å². The Balaban J connectivity index is 2.01. The summed E-state index contributed by atoms with van der Waals surface area (Å²) in [6.45, 7) is 3.38. The lowest BCUT2D eigenvalue weighted by Gasteiger charge is -2.10. The first-order valence-corrected chi connectivity index (χ1v) is 8.98. The Morgan fingerprint density at radius 2 is 1.53 bits per heavy atom. The van der Waals surface area contributed by atoms with Gasteiger partial charge in [-0.2, -0.15) is 0 Å². The van der Waals surface area contributed by atoms with Gasteiger partial charge in [-0.1, -0.05) is 64.0 Å². The first kappa shape index (κ1) is 16.4. The van der Waals surface area contributed by atoms with Crippen LogP contribution in [0.5, 0.6) is 0 Å². The molecule has 19 heavy (non-hydrogen) atoms. The summed E-state index contributed by atoms with van der Waals surface area (Å²) in [6.07, 6.45) is 13.2. The summed E-state index contributed by atoms with van der Waals surface area (Å²) < 4.78 is 0. The van der Waals surface area contributed by atoms with Crippen LogP contribution >= 0.6 is 11.8 Å². The number of rotatable bonds is 11. The molecule has 0 saturated carbocycles. The minimum atomic E-state index is 1.10. The fourth-order valence-electron chi connectivity index (χ4n) is 2.27. The molecule has 0 amide bonds. The quantitative estimate of drug-likeness (QED) is 0.396. The van der Waals surface area contributed by atoms with E-state index in [1.165, 1.54) is 61.9 Å². The molecule has 0 aromatic heterocycles. The molecule has 0 aliphatic rings. The van der Waals surface area contributed by atoms with Crippen LogP contribution in [0, 0.1) is 0 Å². The predicted octanol–water partition coefficient (Wildman–Crippen LogP) is 5.96. The number of thioether (sulfide) groups is 1. The molecule has 1 aromatic carbocycles. The summed E-state index contributed by atoms with van der Waals surface area (Å²) in [5.74, 6) is 0. The van der Waals surface area contributed by atoms with Crippen LogP contribution in [-0.2, 0) is 0 Å². The maximum absolute atomic E-state index is 3.55. The van der Waals surface area contributed by atoms with E-state index in [1.54, 1.807) is 0 Å². The Labute approximate surface area is 123 Å². The van der Waals surface area contributed by atoms with Crippen LogP contribution in [0.1, 0.15) is 58.3 Å². The number of hydrogen-bond donors (Lipinski definition) is 1. The lowest BCUT2D eigenvalue weighted by atomic mass is 10.1. The maximum Gasteiger partial charge on any atom is 0.0478 e. The third kappa shape index (κ3) is 7.51. The number of unbranched alkanes of at least 4 members (excludes halogenated alkanes) is 7. The summed E-state index contributed by atoms with van der Waals surface area (Å²) in [5, 5.41) is 3.55. The standard InChI is InChI=1S/C17H29NS/c1-3-4-5-6-7-8-9-12-15-18-16-13-10-11-14-17(16)19-2/h10-11,13-14,18H,3-9,12,15H2,1-2H3. The average Bonchev–Trinajstić information content (AvgIpc) is 2.46. The van der Waals surface area contributed by atoms with Crippen molar-refractivity contribution in [2.45, 2.75) is 63.2 Å². The van der Waals surface area contributed by atoms with Crippen molar-refractivity contribution in [1.29, 1.82) is 0 Å². The van der Waals surface area contributed by atoms with Crippen molar-refractivity contribution in [3.63, 3.8) is 0 Å². The van der Waals surface area contributed by atoms with Gasteiger partial charge in [0, 0.05) is 17.1 Å². The van der Waals surface area contributed by atoms with Crippen LogP contribution in [0.2, 0.25) is 0 Å². The minimum absolute atomic E-state index is 1.10. The van der Waals surface area contributed by atoms with E-state index in [2.05, 4.69) is 42.8 Å². The third-order valence-electron chi connectivity index (χ3n) is 3.45. The number of anilines is 1. The molecule has 0 aliphatic heterocycles. The first-order valence-electron chi connectivity index (χ1n) is 7.75. The summed E-state index contributed by atoms with van der Waals surface area (Å²) >= 11 is 1.81. The van der Waals surface area contributed by atoms with Gasteiger partial charge in [-0.05, 0) is 24.8 Å². The van der Waals surface area contributed by atoms with Crippen LogP contribution in [-0.4, -0.2) is 12.8 Å². The molecule has 0 unspecified atom stereocenters. The molecule has 108 valence electrons. The second kappa shape index (κ2) is 11.2. The van der Waals surface area contributed by atoms with E-state index in [0.29, 0.717) is 0 Å². The molecule has 0 heterocycles. The average molecular weight is 279 g/mol. The highest BCUT2D eigenvalue weighted by molar-refractivity contribution is 7.98. The van der Waals surface area contributed by atoms with Gasteiger partial charge >= 0.3 is 0 Å². The van der Waals surface area contributed by atoms with E-state index < -0.39 is 0 Å². The molecule has 1 N–H and O–H groups in total. The zero-order chi connectivity index (χ0) is 13.8. The van der Waals surface area contributed by atoms with Crippen LogP contribution in [0.4, 0.5) is 5.69 Å². The number of para-hydroxylation sites is 1. The van der Waals surface area contributed by atoms with Crippen molar-refractivity contribution < 1.29 is 0 Å². The van der Waals surface area contributed by atoms with Crippen molar-refractivity contribution in [3.05, 3.63) is 24.3 Å². The molecule has 2 heteroatoms. The van der Waals surface area contributed by atoms with E-state index in [1.807, 2.05) is 11.8 Å². The van der Waals surface area contributed by atoms with Gasteiger partial charge in [-0.25, -0.2) is 0 Å². The highest BCUT2D eigenvalue weighted by atomic mass is 32.2. The zero-order valence-electron chi connectivity index (χ0n) is 12.6. The Hall–Kier alpha value is -0.630.